The number of rotatable bonds is 3. The van der Waals surface area contributed by atoms with Crippen LogP contribution in [0.4, 0.5) is 13.2 Å². The van der Waals surface area contributed by atoms with Crippen LogP contribution >= 0.6 is 15.9 Å². The highest BCUT2D eigenvalue weighted by atomic mass is 79.9. The van der Waals surface area contributed by atoms with Crippen LogP contribution in [0.15, 0.2) is 22.7 Å². The monoisotopic (exact) mass is 310 g/mol. The maximum atomic E-state index is 12.4. The molecule has 0 amide bonds. The van der Waals surface area contributed by atoms with Gasteiger partial charge >= 0.3 is 12.1 Å². The van der Waals surface area contributed by atoms with E-state index in [0.717, 1.165) is 18.2 Å². The summed E-state index contributed by atoms with van der Waals surface area (Å²) in [6.45, 7) is 0. The Morgan fingerprint density at radius 3 is 2.29 bits per heavy atom. The molecule has 0 aliphatic carbocycles. The van der Waals surface area contributed by atoms with Gasteiger partial charge in [-0.3, -0.25) is 4.79 Å². The van der Waals surface area contributed by atoms with E-state index >= 15 is 0 Å². The summed E-state index contributed by atoms with van der Waals surface area (Å²) < 4.78 is 36.9. The SMILES string of the molecule is O=C(O)C(=O)Cc1ccc(C(F)(F)F)c(Br)c1. The molecule has 0 spiro atoms. The zero-order valence-electron chi connectivity index (χ0n) is 8.21. The van der Waals surface area contributed by atoms with Crippen molar-refractivity contribution < 1.29 is 27.9 Å². The fraction of sp³-hybridized carbons (Fsp3) is 0.200. The molecule has 0 saturated carbocycles. The first-order valence-electron chi connectivity index (χ1n) is 4.33. The van der Waals surface area contributed by atoms with E-state index in [1.807, 2.05) is 0 Å². The van der Waals surface area contributed by atoms with Crippen LogP contribution in [0, 0.1) is 0 Å². The number of carbonyl (C=O) groups excluding carboxylic acids is 1. The lowest BCUT2D eigenvalue weighted by molar-refractivity contribution is -0.148. The number of hydrogen-bond donors (Lipinski definition) is 1. The van der Waals surface area contributed by atoms with Crippen molar-refractivity contribution in [1.29, 1.82) is 0 Å². The van der Waals surface area contributed by atoms with E-state index in [2.05, 4.69) is 15.9 Å². The first-order chi connectivity index (χ1) is 7.71. The van der Waals surface area contributed by atoms with E-state index in [1.165, 1.54) is 0 Å². The number of aliphatic carboxylic acids is 1. The van der Waals surface area contributed by atoms with Crippen LogP contribution in [-0.2, 0) is 22.2 Å². The fourth-order valence-corrected chi connectivity index (χ4v) is 1.81. The zero-order chi connectivity index (χ0) is 13.2. The quantitative estimate of drug-likeness (QED) is 0.873. The van der Waals surface area contributed by atoms with Crippen molar-refractivity contribution in [3.8, 4) is 0 Å². The zero-order valence-corrected chi connectivity index (χ0v) is 9.80. The number of ketones is 1. The fourth-order valence-electron chi connectivity index (χ4n) is 1.16. The largest absolute Gasteiger partial charge is 0.475 e. The van der Waals surface area contributed by atoms with Crippen molar-refractivity contribution in [3.63, 3.8) is 0 Å². The lowest BCUT2D eigenvalue weighted by Crippen LogP contribution is -2.15. The predicted octanol–water partition coefficient (Wildman–Crippen LogP) is 2.66. The Bertz CT molecular complexity index is 468. The molecule has 0 heterocycles. The van der Waals surface area contributed by atoms with E-state index in [0.29, 0.717) is 0 Å². The summed E-state index contributed by atoms with van der Waals surface area (Å²) in [6, 6.07) is 2.96. The standard InChI is InChI=1S/C10H6BrF3O3/c11-7-3-5(4-8(15)9(16)17)1-2-6(7)10(12,13)14/h1-3H,4H2,(H,16,17). The predicted molar refractivity (Wildman–Crippen MR) is 55.5 cm³/mol. The molecule has 0 aliphatic rings. The van der Waals surface area contributed by atoms with Crippen LogP contribution in [0.25, 0.3) is 0 Å². The normalized spacial score (nSPS) is 11.3. The first kappa shape index (κ1) is 13.7. The second-order valence-electron chi connectivity index (χ2n) is 3.22. The molecule has 0 atom stereocenters. The summed E-state index contributed by atoms with van der Waals surface area (Å²) in [7, 11) is 0. The Labute approximate surface area is 102 Å². The molecule has 0 bridgehead atoms. The van der Waals surface area contributed by atoms with Crippen molar-refractivity contribution in [2.24, 2.45) is 0 Å². The minimum absolute atomic E-state index is 0.206. The number of alkyl halides is 3. The number of carboxylic acids is 1. The Morgan fingerprint density at radius 1 is 1.29 bits per heavy atom. The topological polar surface area (TPSA) is 54.4 Å². The van der Waals surface area contributed by atoms with Crippen LogP contribution in [0.5, 0.6) is 0 Å². The summed E-state index contributed by atoms with van der Waals surface area (Å²) in [5.74, 6) is -2.68. The summed E-state index contributed by atoms with van der Waals surface area (Å²) in [5.41, 5.74) is -0.665. The van der Waals surface area contributed by atoms with E-state index < -0.39 is 29.9 Å². The molecule has 1 rings (SSSR count). The number of carboxylic acid groups (broad SMARTS) is 1. The molecule has 7 heteroatoms. The lowest BCUT2D eigenvalue weighted by Gasteiger charge is -2.09. The average Bonchev–Trinajstić information content (AvgIpc) is 2.15. The minimum Gasteiger partial charge on any atom is -0.475 e. The number of halogens is 4. The van der Waals surface area contributed by atoms with Crippen LogP contribution in [0.3, 0.4) is 0 Å². The van der Waals surface area contributed by atoms with Crippen LogP contribution < -0.4 is 0 Å². The molecule has 1 aromatic carbocycles. The molecule has 17 heavy (non-hydrogen) atoms. The van der Waals surface area contributed by atoms with Gasteiger partial charge in [-0.2, -0.15) is 13.2 Å². The molecular formula is C10H6BrF3O3. The Hall–Kier alpha value is -1.37. The summed E-state index contributed by atoms with van der Waals surface area (Å²) in [4.78, 5) is 21.1. The van der Waals surface area contributed by atoms with Gasteiger partial charge < -0.3 is 5.11 Å². The molecule has 0 unspecified atom stereocenters. The molecule has 0 saturated heterocycles. The number of hydrogen-bond acceptors (Lipinski definition) is 2. The molecule has 1 aromatic rings. The second kappa shape index (κ2) is 4.87. The Balaban J connectivity index is 2.98. The number of benzene rings is 1. The van der Waals surface area contributed by atoms with Gasteiger partial charge in [0.15, 0.2) is 0 Å². The van der Waals surface area contributed by atoms with Crippen molar-refractivity contribution in [3.05, 3.63) is 33.8 Å². The third-order valence-corrected chi connectivity index (χ3v) is 2.60. The maximum absolute atomic E-state index is 12.4. The van der Waals surface area contributed by atoms with E-state index in [1.54, 1.807) is 0 Å². The van der Waals surface area contributed by atoms with E-state index in [9.17, 15) is 22.8 Å². The van der Waals surface area contributed by atoms with Gasteiger partial charge in [0, 0.05) is 10.9 Å². The summed E-state index contributed by atoms with van der Waals surface area (Å²) in [6.07, 6.45) is -4.93. The van der Waals surface area contributed by atoms with Gasteiger partial charge in [0.2, 0.25) is 5.78 Å². The third-order valence-electron chi connectivity index (χ3n) is 1.94. The molecule has 3 nitrogen and oxygen atoms in total. The van der Waals surface area contributed by atoms with Crippen LogP contribution in [-0.4, -0.2) is 16.9 Å². The Morgan fingerprint density at radius 2 is 1.88 bits per heavy atom. The van der Waals surface area contributed by atoms with Crippen LogP contribution in [0.2, 0.25) is 0 Å². The lowest BCUT2D eigenvalue weighted by atomic mass is 10.1. The van der Waals surface area contributed by atoms with Crippen molar-refractivity contribution in [1.82, 2.24) is 0 Å². The number of carbonyl (C=O) groups is 2. The smallest absolute Gasteiger partial charge is 0.417 e. The first-order valence-corrected chi connectivity index (χ1v) is 5.13. The van der Waals surface area contributed by atoms with Crippen molar-refractivity contribution >= 4 is 27.7 Å². The van der Waals surface area contributed by atoms with Gasteiger partial charge in [-0.1, -0.05) is 22.0 Å². The maximum Gasteiger partial charge on any atom is 0.417 e. The molecule has 0 aromatic heterocycles. The highest BCUT2D eigenvalue weighted by Crippen LogP contribution is 2.35. The summed E-state index contributed by atoms with van der Waals surface area (Å²) in [5, 5.41) is 8.36. The Kier molecular flexibility index (Phi) is 3.92. The molecule has 92 valence electrons. The van der Waals surface area contributed by atoms with Crippen molar-refractivity contribution in [2.75, 3.05) is 0 Å². The van der Waals surface area contributed by atoms with Crippen LogP contribution in [0.1, 0.15) is 11.1 Å². The molecule has 0 aliphatic heterocycles. The number of Topliss-reactive ketones (excluding diaryl/α,β-unsaturated/α-hetero) is 1. The van der Waals surface area contributed by atoms with Crippen molar-refractivity contribution in [2.45, 2.75) is 12.6 Å². The van der Waals surface area contributed by atoms with Gasteiger partial charge in [-0.15, -0.1) is 0 Å². The van der Waals surface area contributed by atoms with Gasteiger partial charge in [0.05, 0.1) is 5.56 Å². The summed E-state index contributed by atoms with van der Waals surface area (Å²) >= 11 is 2.73. The van der Waals surface area contributed by atoms with Gasteiger partial charge in [0.1, 0.15) is 0 Å². The molecular weight excluding hydrogens is 305 g/mol. The molecule has 0 fully saturated rings. The minimum atomic E-state index is -4.49. The molecule has 1 N–H and O–H groups in total. The van der Waals surface area contributed by atoms with Gasteiger partial charge in [0.25, 0.3) is 0 Å². The average molecular weight is 311 g/mol. The second-order valence-corrected chi connectivity index (χ2v) is 4.07. The van der Waals surface area contributed by atoms with E-state index in [-0.39, 0.29) is 10.0 Å². The van der Waals surface area contributed by atoms with Gasteiger partial charge in [-0.25, -0.2) is 4.79 Å². The highest BCUT2D eigenvalue weighted by molar-refractivity contribution is 9.10. The third kappa shape index (κ3) is 3.55. The van der Waals surface area contributed by atoms with Gasteiger partial charge in [-0.05, 0) is 17.7 Å². The molecule has 0 radical (unpaired) electrons. The highest BCUT2D eigenvalue weighted by Gasteiger charge is 2.32. The van der Waals surface area contributed by atoms with E-state index in [4.69, 9.17) is 5.11 Å².